The van der Waals surface area contributed by atoms with E-state index in [-0.39, 0.29) is 5.69 Å². The number of anilines is 2. The number of nitrogens with one attached hydrogen (secondary N) is 2. The standard InChI is InChI=1S/C20H17FN2O4S/c21-15-8-10-16(11-9-15)22-19(24)12-28(26,27)13-20(25)23-18-7-3-5-14-4-1-2-6-17(14)18/h1-11H,12-13H2,(H,22,24)(H,23,25). The Morgan fingerprint density at radius 1 is 0.786 bits per heavy atom. The number of hydrogen-bond acceptors (Lipinski definition) is 4. The van der Waals surface area contributed by atoms with Gasteiger partial charge in [-0.05, 0) is 35.7 Å². The molecule has 2 N–H and O–H groups in total. The molecule has 0 aromatic heterocycles. The van der Waals surface area contributed by atoms with Gasteiger partial charge in [0.25, 0.3) is 0 Å². The van der Waals surface area contributed by atoms with Crippen LogP contribution in [-0.2, 0) is 19.4 Å². The molecular formula is C20H17FN2O4S. The Bertz CT molecular complexity index is 1120. The van der Waals surface area contributed by atoms with Crippen LogP contribution in [0.2, 0.25) is 0 Å². The number of hydrogen-bond donors (Lipinski definition) is 2. The van der Waals surface area contributed by atoms with E-state index in [1.807, 2.05) is 30.3 Å². The first-order valence-corrected chi connectivity index (χ1v) is 10.2. The van der Waals surface area contributed by atoms with Gasteiger partial charge in [0.2, 0.25) is 11.8 Å². The van der Waals surface area contributed by atoms with Gasteiger partial charge in [-0.15, -0.1) is 0 Å². The first kappa shape index (κ1) is 19.5. The van der Waals surface area contributed by atoms with Crippen molar-refractivity contribution in [1.29, 1.82) is 0 Å². The van der Waals surface area contributed by atoms with E-state index in [1.54, 1.807) is 12.1 Å². The Morgan fingerprint density at radius 3 is 2.11 bits per heavy atom. The van der Waals surface area contributed by atoms with Crippen LogP contribution >= 0.6 is 0 Å². The summed E-state index contributed by atoms with van der Waals surface area (Å²) in [4.78, 5) is 24.1. The van der Waals surface area contributed by atoms with Crippen molar-refractivity contribution in [2.24, 2.45) is 0 Å². The molecule has 0 heterocycles. The lowest BCUT2D eigenvalue weighted by atomic mass is 10.1. The van der Waals surface area contributed by atoms with Crippen LogP contribution in [-0.4, -0.2) is 31.7 Å². The molecule has 3 aromatic rings. The number of sulfone groups is 1. The van der Waals surface area contributed by atoms with Gasteiger partial charge in [0.05, 0.1) is 0 Å². The van der Waals surface area contributed by atoms with Crippen molar-refractivity contribution < 1.29 is 22.4 Å². The Balaban J connectivity index is 1.62. The van der Waals surface area contributed by atoms with Crippen LogP contribution in [0.1, 0.15) is 0 Å². The molecule has 2 amide bonds. The van der Waals surface area contributed by atoms with E-state index in [0.29, 0.717) is 5.69 Å². The molecule has 0 aliphatic rings. The third-order valence-electron chi connectivity index (χ3n) is 3.89. The van der Waals surface area contributed by atoms with Crippen LogP contribution in [0.4, 0.5) is 15.8 Å². The Morgan fingerprint density at radius 2 is 1.39 bits per heavy atom. The number of amides is 2. The quantitative estimate of drug-likeness (QED) is 0.665. The second-order valence-electron chi connectivity index (χ2n) is 6.16. The Labute approximate surface area is 161 Å². The van der Waals surface area contributed by atoms with E-state index in [4.69, 9.17) is 0 Å². The highest BCUT2D eigenvalue weighted by Gasteiger charge is 2.21. The molecule has 0 bridgehead atoms. The first-order valence-electron chi connectivity index (χ1n) is 8.36. The smallest absolute Gasteiger partial charge is 0.239 e. The highest BCUT2D eigenvalue weighted by atomic mass is 32.2. The summed E-state index contributed by atoms with van der Waals surface area (Å²) >= 11 is 0. The first-order chi connectivity index (χ1) is 13.3. The minimum atomic E-state index is -3.98. The molecule has 6 nitrogen and oxygen atoms in total. The van der Waals surface area contributed by atoms with Crippen LogP contribution in [0.5, 0.6) is 0 Å². The zero-order valence-electron chi connectivity index (χ0n) is 14.7. The Hall–Kier alpha value is -3.26. The number of benzene rings is 3. The van der Waals surface area contributed by atoms with E-state index < -0.39 is 39.0 Å². The maximum absolute atomic E-state index is 12.9. The summed E-state index contributed by atoms with van der Waals surface area (Å²) in [6.45, 7) is 0. The van der Waals surface area contributed by atoms with Gasteiger partial charge in [-0.2, -0.15) is 0 Å². The lowest BCUT2D eigenvalue weighted by molar-refractivity contribution is -0.114. The van der Waals surface area contributed by atoms with E-state index >= 15 is 0 Å². The Kier molecular flexibility index (Phi) is 5.70. The van der Waals surface area contributed by atoms with Crippen LogP contribution in [0.25, 0.3) is 10.8 Å². The molecule has 3 aromatic carbocycles. The normalized spacial score (nSPS) is 11.2. The van der Waals surface area contributed by atoms with Crippen molar-refractivity contribution in [3.8, 4) is 0 Å². The fourth-order valence-corrected chi connectivity index (χ4v) is 3.75. The maximum Gasteiger partial charge on any atom is 0.239 e. The number of fused-ring (bicyclic) bond motifs is 1. The molecule has 144 valence electrons. The number of carbonyl (C=O) groups excluding carboxylic acids is 2. The fourth-order valence-electron chi connectivity index (χ4n) is 2.70. The van der Waals surface area contributed by atoms with E-state index in [1.165, 1.54) is 12.1 Å². The van der Waals surface area contributed by atoms with Gasteiger partial charge in [0, 0.05) is 16.8 Å². The molecule has 28 heavy (non-hydrogen) atoms. The average Bonchev–Trinajstić information content (AvgIpc) is 2.63. The summed E-state index contributed by atoms with van der Waals surface area (Å²) in [5.74, 6) is -3.69. The molecule has 3 rings (SSSR count). The third kappa shape index (κ3) is 5.14. The van der Waals surface area contributed by atoms with Crippen LogP contribution in [0.15, 0.2) is 66.7 Å². The van der Waals surface area contributed by atoms with Crippen molar-refractivity contribution in [2.45, 2.75) is 0 Å². The number of rotatable bonds is 6. The van der Waals surface area contributed by atoms with Gasteiger partial charge in [0.1, 0.15) is 17.3 Å². The van der Waals surface area contributed by atoms with Gasteiger partial charge in [-0.3, -0.25) is 9.59 Å². The summed E-state index contributed by atoms with van der Waals surface area (Å²) in [7, 11) is -3.98. The summed E-state index contributed by atoms with van der Waals surface area (Å²) in [6, 6.07) is 17.6. The van der Waals surface area contributed by atoms with Gasteiger partial charge in [-0.25, -0.2) is 12.8 Å². The molecule has 0 fully saturated rings. The highest BCUT2D eigenvalue weighted by molar-refractivity contribution is 7.92. The van der Waals surface area contributed by atoms with Crippen molar-refractivity contribution in [3.05, 3.63) is 72.5 Å². The van der Waals surface area contributed by atoms with Gasteiger partial charge in [-0.1, -0.05) is 36.4 Å². The molecule has 0 aliphatic carbocycles. The van der Waals surface area contributed by atoms with Gasteiger partial charge >= 0.3 is 0 Å². The van der Waals surface area contributed by atoms with Gasteiger partial charge in [0.15, 0.2) is 9.84 Å². The maximum atomic E-state index is 12.9. The third-order valence-corrected chi connectivity index (χ3v) is 5.30. The van der Waals surface area contributed by atoms with Crippen LogP contribution < -0.4 is 10.6 Å². The molecule has 0 saturated heterocycles. The van der Waals surface area contributed by atoms with Crippen molar-refractivity contribution in [1.82, 2.24) is 0 Å². The predicted molar refractivity (Wildman–Crippen MR) is 106 cm³/mol. The molecule has 0 unspecified atom stereocenters. The van der Waals surface area contributed by atoms with Crippen LogP contribution in [0.3, 0.4) is 0 Å². The molecule has 0 spiro atoms. The summed E-state index contributed by atoms with van der Waals surface area (Å²) in [6.07, 6.45) is 0. The molecule has 8 heteroatoms. The van der Waals surface area contributed by atoms with E-state index in [0.717, 1.165) is 22.9 Å². The minimum Gasteiger partial charge on any atom is -0.325 e. The lowest BCUT2D eigenvalue weighted by Crippen LogP contribution is -2.30. The second kappa shape index (κ2) is 8.18. The van der Waals surface area contributed by atoms with Crippen molar-refractivity contribution in [2.75, 3.05) is 22.1 Å². The van der Waals surface area contributed by atoms with E-state index in [9.17, 15) is 22.4 Å². The largest absolute Gasteiger partial charge is 0.325 e. The molecular weight excluding hydrogens is 383 g/mol. The molecule has 0 radical (unpaired) electrons. The fraction of sp³-hybridized carbons (Fsp3) is 0.100. The average molecular weight is 400 g/mol. The van der Waals surface area contributed by atoms with Gasteiger partial charge < -0.3 is 10.6 Å². The zero-order valence-corrected chi connectivity index (χ0v) is 15.5. The summed E-state index contributed by atoms with van der Waals surface area (Å²) in [5, 5.41) is 6.62. The monoisotopic (exact) mass is 400 g/mol. The van der Waals surface area contributed by atoms with Crippen molar-refractivity contribution >= 4 is 43.8 Å². The number of carbonyl (C=O) groups is 2. The summed E-state index contributed by atoms with van der Waals surface area (Å²) < 4.78 is 37.2. The molecule has 0 saturated carbocycles. The number of halogens is 1. The van der Waals surface area contributed by atoms with E-state index in [2.05, 4.69) is 10.6 Å². The van der Waals surface area contributed by atoms with Crippen LogP contribution in [0, 0.1) is 5.82 Å². The highest BCUT2D eigenvalue weighted by Crippen LogP contribution is 2.22. The predicted octanol–water partition coefficient (Wildman–Crippen LogP) is 2.97. The minimum absolute atomic E-state index is 0.266. The summed E-state index contributed by atoms with van der Waals surface area (Å²) in [5.41, 5.74) is 0.760. The SMILES string of the molecule is O=C(CS(=O)(=O)CC(=O)Nc1cccc2ccccc12)Nc1ccc(F)cc1. The molecule has 0 atom stereocenters. The zero-order chi connectivity index (χ0) is 20.1. The van der Waals surface area contributed by atoms with Crippen molar-refractivity contribution in [3.63, 3.8) is 0 Å². The second-order valence-corrected chi connectivity index (χ2v) is 8.23. The molecule has 0 aliphatic heterocycles. The lowest BCUT2D eigenvalue weighted by Gasteiger charge is -2.09. The topological polar surface area (TPSA) is 92.3 Å².